The van der Waals surface area contributed by atoms with Gasteiger partial charge >= 0.3 is 17.9 Å². The van der Waals surface area contributed by atoms with Crippen molar-refractivity contribution in [3.8, 4) is 0 Å². The molecule has 388 valence electrons. The van der Waals surface area contributed by atoms with Gasteiger partial charge in [-0.1, -0.05) is 239 Å². The molecule has 12 nitrogen and oxygen atoms in total. The highest BCUT2D eigenvalue weighted by molar-refractivity contribution is 5.67. The second-order valence-electron chi connectivity index (χ2n) is 17.5. The first kappa shape index (κ1) is 71.2. The molecule has 0 heterocycles. The summed E-state index contributed by atoms with van der Waals surface area (Å²) in [7, 11) is 0. The zero-order valence-corrected chi connectivity index (χ0v) is 42.0. The van der Waals surface area contributed by atoms with Crippen molar-refractivity contribution in [1.82, 2.24) is 0 Å². The minimum Gasteiger partial charge on any atom is -0.481 e. The Labute approximate surface area is 393 Å². The molecule has 0 amide bonds. The van der Waals surface area contributed by atoms with Crippen LogP contribution >= 0.6 is 0 Å². The summed E-state index contributed by atoms with van der Waals surface area (Å²) >= 11 is 0. The van der Waals surface area contributed by atoms with Crippen molar-refractivity contribution in [2.45, 2.75) is 290 Å². The summed E-state index contributed by atoms with van der Waals surface area (Å²) in [5.74, 6) is -1.97. The van der Waals surface area contributed by atoms with Crippen molar-refractivity contribution >= 4 is 17.9 Å². The van der Waals surface area contributed by atoms with Gasteiger partial charge in [0, 0.05) is 19.3 Å². The van der Waals surface area contributed by atoms with Crippen LogP contribution in [0.2, 0.25) is 0 Å². The van der Waals surface area contributed by atoms with Gasteiger partial charge in [0.1, 0.15) is 12.2 Å². The monoisotopic (exact) mass is 925 g/mol. The molecular weight excluding hydrogens is 817 g/mol. The van der Waals surface area contributed by atoms with Crippen LogP contribution in [-0.2, 0) is 14.4 Å². The molecule has 0 saturated carbocycles. The lowest BCUT2D eigenvalue weighted by atomic mass is 10.0. The van der Waals surface area contributed by atoms with Gasteiger partial charge in [-0.2, -0.15) is 0 Å². The van der Waals surface area contributed by atoms with Crippen molar-refractivity contribution < 1.29 is 60.3 Å². The lowest BCUT2D eigenvalue weighted by Crippen LogP contribution is -2.15. The number of carboxylic acids is 3. The number of carboxylic acid groups (broad SMARTS) is 3. The quantitative estimate of drug-likeness (QED) is 0.0260. The molecule has 0 spiro atoms. The van der Waals surface area contributed by atoms with Gasteiger partial charge < -0.3 is 46.0 Å². The largest absolute Gasteiger partial charge is 0.481 e. The second-order valence-corrected chi connectivity index (χ2v) is 17.5. The number of aliphatic hydroxyl groups is 6. The van der Waals surface area contributed by atoms with Crippen LogP contribution in [-0.4, -0.2) is 103 Å². The van der Waals surface area contributed by atoms with E-state index < -0.39 is 30.1 Å². The average Bonchev–Trinajstić information content (AvgIpc) is 3.28. The summed E-state index contributed by atoms with van der Waals surface area (Å²) in [4.78, 5) is 30.8. The summed E-state index contributed by atoms with van der Waals surface area (Å²) < 4.78 is 0. The molecule has 64 heavy (non-hydrogen) atoms. The van der Waals surface area contributed by atoms with Gasteiger partial charge in [0.05, 0.1) is 26.4 Å². The number of unbranched alkanes of at least 4 members (excludes halogenated alkanes) is 34. The number of hydrogen-bond donors (Lipinski definition) is 9. The normalized spacial score (nSPS) is 10.5. The first-order valence-electron chi connectivity index (χ1n) is 26.4. The van der Waals surface area contributed by atoms with E-state index in [1.165, 1.54) is 199 Å². The lowest BCUT2D eigenvalue weighted by molar-refractivity contribution is -0.138. The van der Waals surface area contributed by atoms with Gasteiger partial charge in [-0.25, -0.2) is 0 Å². The Morgan fingerprint density at radius 3 is 0.484 bits per heavy atom. The van der Waals surface area contributed by atoms with Crippen molar-refractivity contribution in [2.24, 2.45) is 0 Å². The van der Waals surface area contributed by atoms with E-state index in [0.717, 1.165) is 38.5 Å². The molecule has 0 unspecified atom stereocenters. The second kappa shape index (κ2) is 67.8. The van der Waals surface area contributed by atoms with Gasteiger partial charge in [0.2, 0.25) is 0 Å². The Morgan fingerprint density at radius 2 is 0.391 bits per heavy atom. The third-order valence-electron chi connectivity index (χ3n) is 10.8. The average molecular weight is 925 g/mol. The molecule has 0 atom stereocenters. The highest BCUT2D eigenvalue weighted by atomic mass is 16.4. The predicted molar refractivity (Wildman–Crippen MR) is 265 cm³/mol. The number of aliphatic hydroxyl groups excluding tert-OH is 6. The highest BCUT2D eigenvalue weighted by Gasteiger charge is 2.00. The molecule has 9 N–H and O–H groups in total. The van der Waals surface area contributed by atoms with Crippen molar-refractivity contribution in [2.75, 3.05) is 26.4 Å². The zero-order valence-electron chi connectivity index (χ0n) is 42.0. The molecule has 0 bridgehead atoms. The third kappa shape index (κ3) is 87.1. The first-order chi connectivity index (χ1) is 30.9. The van der Waals surface area contributed by atoms with Crippen LogP contribution in [0.5, 0.6) is 0 Å². The van der Waals surface area contributed by atoms with Gasteiger partial charge in [-0.05, 0) is 19.3 Å². The van der Waals surface area contributed by atoms with Gasteiger partial charge in [0.15, 0.2) is 0 Å². The minimum absolute atomic E-state index is 0.343. The van der Waals surface area contributed by atoms with E-state index >= 15 is 0 Å². The SMILES string of the molecule is CCCCCCCCCCCC(=O)O.CCCCCCCCCCCC(=O)O.CCCCCCCCCCCCCCCCCCCCCC(=O)O.OCC(O)CO.OCC(O)CO. The van der Waals surface area contributed by atoms with E-state index in [2.05, 4.69) is 20.8 Å². The van der Waals surface area contributed by atoms with Crippen LogP contribution in [0.25, 0.3) is 0 Å². The minimum atomic E-state index is -0.954. The van der Waals surface area contributed by atoms with Gasteiger partial charge in [0.25, 0.3) is 0 Å². The maximum Gasteiger partial charge on any atom is 0.303 e. The topological polar surface area (TPSA) is 233 Å². The summed E-state index contributed by atoms with van der Waals surface area (Å²) in [6.07, 6.45) is 47.1. The van der Waals surface area contributed by atoms with E-state index in [9.17, 15) is 14.4 Å². The van der Waals surface area contributed by atoms with Crippen LogP contribution in [0.4, 0.5) is 0 Å². The molecule has 0 aliphatic carbocycles. The molecule has 12 heteroatoms. The lowest BCUT2D eigenvalue weighted by Gasteiger charge is -2.03. The number of rotatable bonds is 44. The summed E-state index contributed by atoms with van der Waals surface area (Å²) in [5, 5.41) is 73.4. The van der Waals surface area contributed by atoms with E-state index in [4.69, 9.17) is 46.0 Å². The Morgan fingerprint density at radius 1 is 0.266 bits per heavy atom. The Kier molecular flexibility index (Phi) is 75.4. The van der Waals surface area contributed by atoms with Crippen molar-refractivity contribution in [3.05, 3.63) is 0 Å². The first-order valence-corrected chi connectivity index (χ1v) is 26.4. The summed E-state index contributed by atoms with van der Waals surface area (Å²) in [6, 6.07) is 0. The molecule has 0 radical (unpaired) electrons. The number of aliphatic carboxylic acids is 3. The zero-order chi connectivity index (χ0) is 49.0. The van der Waals surface area contributed by atoms with Crippen LogP contribution in [0.15, 0.2) is 0 Å². The summed E-state index contributed by atoms with van der Waals surface area (Å²) in [5.41, 5.74) is 0. The maximum absolute atomic E-state index is 10.4. The molecule has 0 aromatic rings. The van der Waals surface area contributed by atoms with E-state index in [0.29, 0.717) is 19.3 Å². The molecule has 0 aliphatic rings. The van der Waals surface area contributed by atoms with E-state index in [1.807, 2.05) is 0 Å². The summed E-state index contributed by atoms with van der Waals surface area (Å²) in [6.45, 7) is 5.28. The molecular formula is C52H108O12. The maximum atomic E-state index is 10.4. The smallest absolute Gasteiger partial charge is 0.303 e. The fourth-order valence-corrected chi connectivity index (χ4v) is 6.64. The Hall–Kier alpha value is -1.83. The number of carbonyl (C=O) groups is 3. The molecule has 0 fully saturated rings. The van der Waals surface area contributed by atoms with Crippen molar-refractivity contribution in [1.29, 1.82) is 0 Å². The molecule has 0 aromatic heterocycles. The van der Waals surface area contributed by atoms with Crippen LogP contribution in [0.3, 0.4) is 0 Å². The van der Waals surface area contributed by atoms with E-state index in [-0.39, 0.29) is 26.4 Å². The van der Waals surface area contributed by atoms with Crippen LogP contribution in [0.1, 0.15) is 278 Å². The predicted octanol–water partition coefficient (Wildman–Crippen LogP) is 12.5. The third-order valence-corrected chi connectivity index (χ3v) is 10.8. The van der Waals surface area contributed by atoms with Gasteiger partial charge in [-0.15, -0.1) is 0 Å². The fraction of sp³-hybridized carbons (Fsp3) is 0.942. The van der Waals surface area contributed by atoms with Crippen molar-refractivity contribution in [3.63, 3.8) is 0 Å². The standard InChI is InChI=1S/C22H44O2.2C12H24O2.2C3H8O3/c1-2-3-4-5-6-7-8-9-10-11-12-13-14-15-16-17-18-19-20-21-22(23)24;2*1-2-3-4-5-6-7-8-9-10-11-12(13)14;2*4-1-3(6)2-5/h2-21H2,1H3,(H,23,24);2*2-11H2,1H3,(H,13,14);2*3-6H,1-2H2. The fourth-order valence-electron chi connectivity index (χ4n) is 6.64. The van der Waals surface area contributed by atoms with Gasteiger partial charge in [-0.3, -0.25) is 14.4 Å². The van der Waals surface area contributed by atoms with Crippen LogP contribution < -0.4 is 0 Å². The van der Waals surface area contributed by atoms with E-state index in [1.54, 1.807) is 0 Å². The molecule has 0 rings (SSSR count). The highest BCUT2D eigenvalue weighted by Crippen LogP contribution is 2.15. The molecule has 0 aromatic carbocycles. The Bertz CT molecular complexity index is 810. The number of hydrogen-bond acceptors (Lipinski definition) is 9. The molecule has 0 aliphatic heterocycles. The van der Waals surface area contributed by atoms with Crippen LogP contribution in [0, 0.1) is 0 Å². The molecule has 0 saturated heterocycles. The Balaban J connectivity index is -0.000000249.